The SMILES string of the molecule is CCOc1ccc(NC(=O)c2nc3ncccn3n2)cc1. The molecule has 21 heavy (non-hydrogen) atoms. The monoisotopic (exact) mass is 283 g/mol. The molecule has 0 aliphatic rings. The Labute approximate surface area is 120 Å². The van der Waals surface area contributed by atoms with E-state index in [1.165, 1.54) is 4.52 Å². The van der Waals surface area contributed by atoms with Crippen molar-refractivity contribution in [2.45, 2.75) is 6.92 Å². The van der Waals surface area contributed by atoms with E-state index in [1.54, 1.807) is 42.7 Å². The van der Waals surface area contributed by atoms with E-state index < -0.39 is 0 Å². The summed E-state index contributed by atoms with van der Waals surface area (Å²) in [5, 5.41) is 6.79. The van der Waals surface area contributed by atoms with Crippen LogP contribution in [-0.4, -0.2) is 32.1 Å². The fourth-order valence-corrected chi connectivity index (χ4v) is 1.82. The Kier molecular flexibility index (Phi) is 3.46. The molecule has 7 heteroatoms. The summed E-state index contributed by atoms with van der Waals surface area (Å²) in [4.78, 5) is 20.2. The number of carbonyl (C=O) groups is 1. The molecule has 0 unspecified atom stereocenters. The number of hydrogen-bond acceptors (Lipinski definition) is 5. The van der Waals surface area contributed by atoms with Crippen molar-refractivity contribution in [1.29, 1.82) is 0 Å². The first-order chi connectivity index (χ1) is 10.3. The van der Waals surface area contributed by atoms with E-state index >= 15 is 0 Å². The van der Waals surface area contributed by atoms with Crippen LogP contribution in [0.1, 0.15) is 17.5 Å². The summed E-state index contributed by atoms with van der Waals surface area (Å²) in [6, 6.07) is 8.82. The Bertz CT molecular complexity index is 733. The molecule has 1 N–H and O–H groups in total. The number of carbonyl (C=O) groups excluding carboxylic acids is 1. The lowest BCUT2D eigenvalue weighted by Gasteiger charge is -2.05. The van der Waals surface area contributed by atoms with E-state index in [1.807, 2.05) is 6.92 Å². The largest absolute Gasteiger partial charge is 0.494 e. The maximum absolute atomic E-state index is 12.1. The van der Waals surface area contributed by atoms with Gasteiger partial charge in [-0.2, -0.15) is 4.98 Å². The summed E-state index contributed by atoms with van der Waals surface area (Å²) in [5.41, 5.74) is 0.648. The van der Waals surface area contributed by atoms with Crippen LogP contribution in [0.3, 0.4) is 0 Å². The number of amides is 1. The third-order valence-electron chi connectivity index (χ3n) is 2.74. The van der Waals surface area contributed by atoms with Crippen LogP contribution in [0, 0.1) is 0 Å². The lowest BCUT2D eigenvalue weighted by atomic mass is 10.3. The van der Waals surface area contributed by atoms with Crippen LogP contribution >= 0.6 is 0 Å². The summed E-state index contributed by atoms with van der Waals surface area (Å²) in [6.45, 7) is 2.52. The van der Waals surface area contributed by atoms with E-state index in [9.17, 15) is 4.79 Å². The van der Waals surface area contributed by atoms with Gasteiger partial charge in [-0.25, -0.2) is 9.50 Å². The second-order valence-electron chi connectivity index (χ2n) is 4.21. The van der Waals surface area contributed by atoms with Crippen molar-refractivity contribution in [3.8, 4) is 5.75 Å². The maximum atomic E-state index is 12.1. The summed E-state index contributed by atoms with van der Waals surface area (Å²) >= 11 is 0. The molecule has 1 aromatic carbocycles. The van der Waals surface area contributed by atoms with Crippen LogP contribution in [0.25, 0.3) is 5.78 Å². The average molecular weight is 283 g/mol. The number of fused-ring (bicyclic) bond motifs is 1. The van der Waals surface area contributed by atoms with Gasteiger partial charge in [0.25, 0.3) is 11.7 Å². The number of hydrogen-bond donors (Lipinski definition) is 1. The smallest absolute Gasteiger partial charge is 0.295 e. The first kappa shape index (κ1) is 13.0. The summed E-state index contributed by atoms with van der Waals surface area (Å²) in [6.07, 6.45) is 3.28. The highest BCUT2D eigenvalue weighted by molar-refractivity contribution is 6.01. The van der Waals surface area contributed by atoms with Crippen molar-refractivity contribution >= 4 is 17.4 Å². The Balaban J connectivity index is 1.76. The van der Waals surface area contributed by atoms with E-state index in [2.05, 4.69) is 20.4 Å². The summed E-state index contributed by atoms with van der Waals surface area (Å²) in [5.74, 6) is 0.826. The topological polar surface area (TPSA) is 81.4 Å². The molecule has 0 saturated heterocycles. The first-order valence-corrected chi connectivity index (χ1v) is 6.48. The van der Waals surface area contributed by atoms with Gasteiger partial charge in [0.05, 0.1) is 6.61 Å². The number of aromatic nitrogens is 4. The van der Waals surface area contributed by atoms with Gasteiger partial charge < -0.3 is 10.1 Å². The average Bonchev–Trinajstić information content (AvgIpc) is 2.94. The highest BCUT2D eigenvalue weighted by Gasteiger charge is 2.13. The van der Waals surface area contributed by atoms with E-state index in [-0.39, 0.29) is 11.7 Å². The highest BCUT2D eigenvalue weighted by Crippen LogP contribution is 2.16. The van der Waals surface area contributed by atoms with Gasteiger partial charge in [-0.15, -0.1) is 5.10 Å². The molecule has 0 spiro atoms. The molecule has 0 saturated carbocycles. The van der Waals surface area contributed by atoms with Gasteiger partial charge in [-0.3, -0.25) is 4.79 Å². The quantitative estimate of drug-likeness (QED) is 0.789. The van der Waals surface area contributed by atoms with E-state index in [0.717, 1.165) is 5.75 Å². The minimum absolute atomic E-state index is 0.0718. The molecule has 0 aliphatic heterocycles. The fraction of sp³-hybridized carbons (Fsp3) is 0.143. The molecule has 3 rings (SSSR count). The van der Waals surface area contributed by atoms with Crippen LogP contribution in [0.2, 0.25) is 0 Å². The van der Waals surface area contributed by atoms with Crippen LogP contribution in [0.4, 0.5) is 5.69 Å². The molecule has 3 aromatic rings. The van der Waals surface area contributed by atoms with E-state index in [0.29, 0.717) is 18.1 Å². The van der Waals surface area contributed by atoms with E-state index in [4.69, 9.17) is 4.74 Å². The second-order valence-corrected chi connectivity index (χ2v) is 4.21. The maximum Gasteiger partial charge on any atom is 0.295 e. The number of rotatable bonds is 4. The lowest BCUT2D eigenvalue weighted by molar-refractivity contribution is 0.101. The van der Waals surface area contributed by atoms with Crippen molar-refractivity contribution in [3.05, 3.63) is 48.5 Å². The fourth-order valence-electron chi connectivity index (χ4n) is 1.82. The van der Waals surface area contributed by atoms with Gasteiger partial charge >= 0.3 is 0 Å². The zero-order valence-electron chi connectivity index (χ0n) is 11.4. The van der Waals surface area contributed by atoms with Crippen LogP contribution < -0.4 is 10.1 Å². The highest BCUT2D eigenvalue weighted by atomic mass is 16.5. The first-order valence-electron chi connectivity index (χ1n) is 6.48. The van der Waals surface area contributed by atoms with Crippen molar-refractivity contribution in [2.75, 3.05) is 11.9 Å². The number of nitrogens with one attached hydrogen (secondary N) is 1. The summed E-state index contributed by atoms with van der Waals surface area (Å²) in [7, 11) is 0. The number of anilines is 1. The zero-order chi connectivity index (χ0) is 14.7. The predicted octanol–water partition coefficient (Wildman–Crippen LogP) is 1.78. The lowest BCUT2D eigenvalue weighted by Crippen LogP contribution is -2.13. The van der Waals surface area contributed by atoms with Gasteiger partial charge in [0.15, 0.2) is 0 Å². The molecule has 7 nitrogen and oxygen atoms in total. The van der Waals surface area contributed by atoms with Crippen molar-refractivity contribution < 1.29 is 9.53 Å². The van der Waals surface area contributed by atoms with Gasteiger partial charge in [-0.05, 0) is 37.3 Å². The van der Waals surface area contributed by atoms with Crippen LogP contribution in [-0.2, 0) is 0 Å². The molecule has 1 amide bonds. The third kappa shape index (κ3) is 2.81. The minimum Gasteiger partial charge on any atom is -0.494 e. The van der Waals surface area contributed by atoms with Crippen molar-refractivity contribution in [2.24, 2.45) is 0 Å². The molecule has 0 fully saturated rings. The number of ether oxygens (including phenoxy) is 1. The Morgan fingerprint density at radius 3 is 2.86 bits per heavy atom. The number of nitrogens with zero attached hydrogens (tertiary/aromatic N) is 4. The Morgan fingerprint density at radius 1 is 1.33 bits per heavy atom. The molecular weight excluding hydrogens is 270 g/mol. The summed E-state index contributed by atoms with van der Waals surface area (Å²) < 4.78 is 6.79. The van der Waals surface area contributed by atoms with Gasteiger partial charge in [0.2, 0.25) is 5.82 Å². The molecule has 0 bridgehead atoms. The van der Waals surface area contributed by atoms with Gasteiger partial charge in [0, 0.05) is 18.1 Å². The van der Waals surface area contributed by atoms with Crippen LogP contribution in [0.5, 0.6) is 5.75 Å². The Morgan fingerprint density at radius 2 is 2.14 bits per heavy atom. The van der Waals surface area contributed by atoms with Crippen LogP contribution in [0.15, 0.2) is 42.7 Å². The third-order valence-corrected chi connectivity index (χ3v) is 2.74. The predicted molar refractivity (Wildman–Crippen MR) is 76.3 cm³/mol. The normalized spacial score (nSPS) is 10.5. The number of benzene rings is 1. The van der Waals surface area contributed by atoms with Crippen molar-refractivity contribution in [1.82, 2.24) is 19.6 Å². The Hall–Kier alpha value is -2.96. The standard InChI is InChI=1S/C14H13N5O2/c1-2-21-11-6-4-10(5-7-11)16-13(20)12-17-14-15-8-3-9-19(14)18-12/h3-9H,2H2,1H3,(H,16,20). The molecule has 0 aliphatic carbocycles. The van der Waals surface area contributed by atoms with Crippen molar-refractivity contribution in [3.63, 3.8) is 0 Å². The molecule has 2 heterocycles. The second kappa shape index (κ2) is 5.58. The minimum atomic E-state index is -0.385. The van der Waals surface area contributed by atoms with Gasteiger partial charge in [-0.1, -0.05) is 0 Å². The van der Waals surface area contributed by atoms with Gasteiger partial charge in [0.1, 0.15) is 5.75 Å². The molecule has 106 valence electrons. The molecule has 2 aromatic heterocycles. The molecular formula is C14H13N5O2. The molecule has 0 radical (unpaired) electrons. The zero-order valence-corrected chi connectivity index (χ0v) is 11.4. The molecule has 0 atom stereocenters.